The first-order valence-electron chi connectivity index (χ1n) is 7.62. The number of ether oxygens (including phenoxy) is 1. The average Bonchev–Trinajstić information content (AvgIpc) is 2.66. The van der Waals surface area contributed by atoms with Gasteiger partial charge in [-0.05, 0) is 48.2 Å². The highest BCUT2D eigenvalue weighted by Gasteiger charge is 2.27. The van der Waals surface area contributed by atoms with E-state index in [1.165, 1.54) is 31.0 Å². The third kappa shape index (κ3) is 4.56. The third-order valence-electron chi connectivity index (χ3n) is 3.66. The summed E-state index contributed by atoms with van der Waals surface area (Å²) in [6.07, 6.45) is 2.12. The van der Waals surface area contributed by atoms with Crippen LogP contribution in [-0.2, 0) is 26.0 Å². The largest absolute Gasteiger partial charge is 0.468 e. The fourth-order valence-electron chi connectivity index (χ4n) is 2.24. The molecule has 0 amide bonds. The van der Waals surface area contributed by atoms with E-state index in [1.807, 2.05) is 12.3 Å². The predicted molar refractivity (Wildman–Crippen MR) is 101 cm³/mol. The molecule has 2 aromatic rings. The van der Waals surface area contributed by atoms with Gasteiger partial charge < -0.3 is 4.74 Å². The Morgan fingerprint density at radius 2 is 1.77 bits per heavy atom. The maximum Gasteiger partial charge on any atom is 0.326 e. The molecule has 2 rings (SSSR count). The van der Waals surface area contributed by atoms with Crippen molar-refractivity contribution < 1.29 is 17.9 Å². The molecule has 0 N–H and O–H groups in total. The van der Waals surface area contributed by atoms with E-state index in [0.717, 1.165) is 14.8 Å². The van der Waals surface area contributed by atoms with Crippen LogP contribution in [0.5, 0.6) is 0 Å². The molecule has 0 aliphatic carbocycles. The zero-order valence-corrected chi connectivity index (χ0v) is 16.0. The van der Waals surface area contributed by atoms with E-state index in [2.05, 4.69) is 4.74 Å². The van der Waals surface area contributed by atoms with E-state index in [9.17, 15) is 13.2 Å². The van der Waals surface area contributed by atoms with Gasteiger partial charge in [0, 0.05) is 4.90 Å². The second-order valence-corrected chi connectivity index (χ2v) is 8.01. The van der Waals surface area contributed by atoms with Crippen molar-refractivity contribution in [2.24, 2.45) is 0 Å². The zero-order valence-electron chi connectivity index (χ0n) is 14.4. The van der Waals surface area contributed by atoms with Crippen LogP contribution in [0.1, 0.15) is 5.56 Å². The van der Waals surface area contributed by atoms with Gasteiger partial charge in [0.2, 0.25) is 0 Å². The number of anilines is 1. The molecule has 0 saturated heterocycles. The van der Waals surface area contributed by atoms with Crippen LogP contribution < -0.4 is 4.31 Å². The number of rotatable bonds is 7. The topological polar surface area (TPSA) is 87.5 Å². The Morgan fingerprint density at radius 3 is 2.27 bits per heavy atom. The molecule has 8 heteroatoms. The van der Waals surface area contributed by atoms with Gasteiger partial charge in [-0.25, -0.2) is 8.42 Å². The van der Waals surface area contributed by atoms with Gasteiger partial charge in [0.1, 0.15) is 6.54 Å². The summed E-state index contributed by atoms with van der Waals surface area (Å²) in [6.45, 7) is -0.444. The first-order chi connectivity index (χ1) is 12.4. The molecule has 0 atom stereocenters. The number of hydrogen-bond acceptors (Lipinski definition) is 6. The molecule has 0 spiro atoms. The van der Waals surface area contributed by atoms with Gasteiger partial charge in [-0.15, -0.1) is 11.8 Å². The highest BCUT2D eigenvalue weighted by Crippen LogP contribution is 2.26. The van der Waals surface area contributed by atoms with Crippen molar-refractivity contribution >= 4 is 33.4 Å². The Labute approximate surface area is 157 Å². The van der Waals surface area contributed by atoms with Crippen molar-refractivity contribution in [1.29, 1.82) is 5.26 Å². The van der Waals surface area contributed by atoms with Crippen molar-refractivity contribution in [3.05, 3.63) is 54.1 Å². The highest BCUT2D eigenvalue weighted by molar-refractivity contribution is 7.98. The third-order valence-corrected chi connectivity index (χ3v) is 6.19. The second-order valence-electron chi connectivity index (χ2n) is 5.26. The van der Waals surface area contributed by atoms with Crippen LogP contribution >= 0.6 is 11.8 Å². The van der Waals surface area contributed by atoms with Crippen LogP contribution in [0.25, 0.3) is 0 Å². The molecule has 0 radical (unpaired) electrons. The number of hydrogen-bond donors (Lipinski definition) is 0. The zero-order chi connectivity index (χ0) is 19.2. The number of esters is 1. The summed E-state index contributed by atoms with van der Waals surface area (Å²) in [4.78, 5) is 12.8. The molecule has 0 unspecified atom stereocenters. The molecule has 0 saturated carbocycles. The minimum absolute atomic E-state index is 0.0836. The number of sulfonamides is 1. The molecule has 0 aliphatic heterocycles. The van der Waals surface area contributed by atoms with Crippen LogP contribution in [0.3, 0.4) is 0 Å². The predicted octanol–water partition coefficient (Wildman–Crippen LogP) is 2.84. The smallest absolute Gasteiger partial charge is 0.326 e. The van der Waals surface area contributed by atoms with E-state index in [1.54, 1.807) is 36.4 Å². The van der Waals surface area contributed by atoms with Crippen molar-refractivity contribution in [1.82, 2.24) is 0 Å². The van der Waals surface area contributed by atoms with Gasteiger partial charge in [-0.3, -0.25) is 9.10 Å². The molecule has 0 heterocycles. The number of nitriles is 1. The molecular formula is C18H18N2O4S2. The van der Waals surface area contributed by atoms with Crippen LogP contribution in [0, 0.1) is 11.3 Å². The van der Waals surface area contributed by atoms with Gasteiger partial charge in [0.15, 0.2) is 0 Å². The molecule has 0 aliphatic rings. The number of thioether (sulfide) groups is 1. The molecule has 6 nitrogen and oxygen atoms in total. The lowest BCUT2D eigenvalue weighted by atomic mass is 10.1. The first-order valence-corrected chi connectivity index (χ1v) is 10.3. The number of nitrogens with zero attached hydrogens (tertiary/aromatic N) is 2. The summed E-state index contributed by atoms with van der Waals surface area (Å²) in [5, 5.41) is 8.75. The van der Waals surface area contributed by atoms with Crippen LogP contribution in [0.2, 0.25) is 0 Å². The van der Waals surface area contributed by atoms with Crippen molar-refractivity contribution in [3.63, 3.8) is 0 Å². The van der Waals surface area contributed by atoms with E-state index < -0.39 is 22.5 Å². The first kappa shape index (κ1) is 19.8. The second kappa shape index (κ2) is 8.74. The lowest BCUT2D eigenvalue weighted by molar-refractivity contribution is -0.138. The molecule has 0 bridgehead atoms. The number of carbonyl (C=O) groups excluding carboxylic acids is 1. The number of methoxy groups -OCH3 is 1. The van der Waals surface area contributed by atoms with Crippen molar-refractivity contribution in [3.8, 4) is 6.07 Å². The maximum absolute atomic E-state index is 13.1. The highest BCUT2D eigenvalue weighted by atomic mass is 32.2. The van der Waals surface area contributed by atoms with Crippen LogP contribution in [-0.4, -0.2) is 34.3 Å². The van der Waals surface area contributed by atoms with E-state index >= 15 is 0 Å². The van der Waals surface area contributed by atoms with Crippen molar-refractivity contribution in [2.75, 3.05) is 24.2 Å². The Balaban J connectivity index is 2.45. The van der Waals surface area contributed by atoms with Crippen LogP contribution in [0.15, 0.2) is 58.3 Å². The number of benzene rings is 2. The Hall–Kier alpha value is -2.50. The van der Waals surface area contributed by atoms with Gasteiger partial charge in [-0.1, -0.05) is 12.1 Å². The molecule has 0 aromatic heterocycles. The summed E-state index contributed by atoms with van der Waals surface area (Å²) >= 11 is 1.50. The fraction of sp³-hybridized carbons (Fsp3) is 0.222. The lowest BCUT2D eigenvalue weighted by Crippen LogP contribution is -2.36. The molecule has 0 fully saturated rings. The lowest BCUT2D eigenvalue weighted by Gasteiger charge is -2.23. The Kier molecular flexibility index (Phi) is 6.66. The summed E-state index contributed by atoms with van der Waals surface area (Å²) in [6, 6.07) is 14.9. The number of carbonyl (C=O) groups is 1. The quantitative estimate of drug-likeness (QED) is 0.534. The SMILES string of the molecule is COC(=O)CN(c1ccc(CC#N)cc1)S(=O)(=O)c1ccc(SC)cc1. The van der Waals surface area contributed by atoms with Gasteiger partial charge in [0.05, 0.1) is 30.2 Å². The Bertz CT molecular complexity index is 902. The Morgan fingerprint density at radius 1 is 1.15 bits per heavy atom. The summed E-state index contributed by atoms with van der Waals surface area (Å²) in [5.74, 6) is -0.671. The normalized spacial score (nSPS) is 10.8. The van der Waals surface area contributed by atoms with Gasteiger partial charge in [-0.2, -0.15) is 5.26 Å². The fourth-order valence-corrected chi connectivity index (χ4v) is 4.06. The summed E-state index contributed by atoms with van der Waals surface area (Å²) < 4.78 is 31.8. The van der Waals surface area contributed by atoms with E-state index in [0.29, 0.717) is 5.69 Å². The van der Waals surface area contributed by atoms with Crippen LogP contribution in [0.4, 0.5) is 5.69 Å². The maximum atomic E-state index is 13.1. The molecule has 26 heavy (non-hydrogen) atoms. The summed E-state index contributed by atoms with van der Waals surface area (Å²) in [5.41, 5.74) is 1.09. The van der Waals surface area contributed by atoms with Gasteiger partial charge >= 0.3 is 5.97 Å². The van der Waals surface area contributed by atoms with E-state index in [4.69, 9.17) is 5.26 Å². The molecular weight excluding hydrogens is 372 g/mol. The minimum Gasteiger partial charge on any atom is -0.468 e. The van der Waals surface area contributed by atoms with Crippen molar-refractivity contribution in [2.45, 2.75) is 16.2 Å². The van der Waals surface area contributed by atoms with E-state index in [-0.39, 0.29) is 11.3 Å². The summed E-state index contributed by atoms with van der Waals surface area (Å²) in [7, 11) is -2.75. The average molecular weight is 390 g/mol. The monoisotopic (exact) mass is 390 g/mol. The molecule has 136 valence electrons. The molecule has 2 aromatic carbocycles. The minimum atomic E-state index is -3.95. The standard InChI is InChI=1S/C18H18N2O4S2/c1-24-18(21)13-20(15-5-3-14(4-6-15)11-12-19)26(22,23)17-9-7-16(25-2)8-10-17/h3-10H,11,13H2,1-2H3. The van der Waals surface area contributed by atoms with Gasteiger partial charge in [0.25, 0.3) is 10.0 Å².